The third kappa shape index (κ3) is 4.84. The number of hydrogen-bond acceptors (Lipinski definition) is 6. The number of carbonyl (C=O) groups excluding carboxylic acids is 2. The number of benzene rings is 1. The zero-order chi connectivity index (χ0) is 23.4. The lowest BCUT2D eigenvalue weighted by Gasteiger charge is -2.33. The van der Waals surface area contributed by atoms with E-state index < -0.39 is 0 Å². The summed E-state index contributed by atoms with van der Waals surface area (Å²) < 4.78 is 10.8. The van der Waals surface area contributed by atoms with Crippen molar-refractivity contribution >= 4 is 11.8 Å². The summed E-state index contributed by atoms with van der Waals surface area (Å²) in [4.78, 5) is 38.4. The van der Waals surface area contributed by atoms with Gasteiger partial charge >= 0.3 is 0 Å². The summed E-state index contributed by atoms with van der Waals surface area (Å²) in [6, 6.07) is 5.33. The van der Waals surface area contributed by atoms with Gasteiger partial charge in [-0.05, 0) is 38.8 Å². The summed E-state index contributed by atoms with van der Waals surface area (Å²) >= 11 is 0. The molecule has 0 N–H and O–H groups in total. The van der Waals surface area contributed by atoms with E-state index in [1.54, 1.807) is 51.4 Å². The van der Waals surface area contributed by atoms with Crippen molar-refractivity contribution in [3.63, 3.8) is 0 Å². The van der Waals surface area contributed by atoms with Gasteiger partial charge in [-0.15, -0.1) is 0 Å². The van der Waals surface area contributed by atoms with Crippen LogP contribution in [0.5, 0.6) is 11.5 Å². The lowest BCUT2D eigenvalue weighted by molar-refractivity contribution is -0.128. The van der Waals surface area contributed by atoms with Gasteiger partial charge in [0.1, 0.15) is 22.9 Å². The van der Waals surface area contributed by atoms with Crippen LogP contribution in [0.3, 0.4) is 0 Å². The van der Waals surface area contributed by atoms with Crippen LogP contribution in [0.4, 0.5) is 0 Å². The van der Waals surface area contributed by atoms with Crippen LogP contribution in [0.15, 0.2) is 18.2 Å². The van der Waals surface area contributed by atoms with Crippen molar-refractivity contribution in [3.05, 3.63) is 46.5 Å². The largest absolute Gasteiger partial charge is 0.496 e. The highest BCUT2D eigenvalue weighted by atomic mass is 16.5. The first kappa shape index (κ1) is 23.5. The number of aromatic nitrogens is 2. The average Bonchev–Trinajstić information content (AvgIpc) is 2.79. The van der Waals surface area contributed by atoms with Crippen LogP contribution in [0, 0.1) is 13.8 Å². The third-order valence-electron chi connectivity index (χ3n) is 5.98. The van der Waals surface area contributed by atoms with Gasteiger partial charge in [-0.25, -0.2) is 9.97 Å². The number of hydrogen-bond donors (Lipinski definition) is 0. The van der Waals surface area contributed by atoms with E-state index in [-0.39, 0.29) is 24.2 Å². The molecule has 0 unspecified atom stereocenters. The fraction of sp³-hybridized carbons (Fsp3) is 0.500. The predicted molar refractivity (Wildman–Crippen MR) is 121 cm³/mol. The first-order chi connectivity index (χ1) is 15.3. The van der Waals surface area contributed by atoms with Crippen molar-refractivity contribution in [2.24, 2.45) is 0 Å². The van der Waals surface area contributed by atoms with E-state index in [0.29, 0.717) is 30.2 Å². The third-order valence-corrected chi connectivity index (χ3v) is 5.98. The number of ether oxygens (including phenoxy) is 2. The molecule has 1 fully saturated rings. The summed E-state index contributed by atoms with van der Waals surface area (Å²) in [7, 11) is 6.58. The van der Waals surface area contributed by atoms with Crippen LogP contribution >= 0.6 is 0 Å². The predicted octanol–water partition coefficient (Wildman–Crippen LogP) is 2.76. The summed E-state index contributed by atoms with van der Waals surface area (Å²) in [5, 5.41) is 0. The molecule has 3 rings (SSSR count). The van der Waals surface area contributed by atoms with Crippen LogP contribution in [0.1, 0.15) is 51.9 Å². The zero-order valence-corrected chi connectivity index (χ0v) is 19.8. The molecule has 1 aliphatic heterocycles. The molecule has 1 atom stereocenters. The number of likely N-dealkylation sites (tertiary alicyclic amines) is 1. The fourth-order valence-corrected chi connectivity index (χ4v) is 4.11. The number of likely N-dealkylation sites (N-methyl/N-ethyl adjacent to an activating group) is 1. The maximum atomic E-state index is 13.4. The Balaban J connectivity index is 1.84. The Labute approximate surface area is 189 Å². The highest BCUT2D eigenvalue weighted by molar-refractivity contribution is 5.99. The standard InChI is InChI=1S/C24H32N4O4/c1-15-18(13-21(29)27(3)4)16(2)26-23(25-15)17-9-8-12-28(14-17)24(30)22-19(31-5)10-7-11-20(22)32-6/h7,10-11,17H,8-9,12-14H2,1-6H3/t17-/m1/s1. The molecule has 8 nitrogen and oxygen atoms in total. The highest BCUT2D eigenvalue weighted by Crippen LogP contribution is 2.32. The smallest absolute Gasteiger partial charge is 0.261 e. The molecule has 0 bridgehead atoms. The van der Waals surface area contributed by atoms with Crippen LogP contribution in [0.2, 0.25) is 0 Å². The molecule has 2 heterocycles. The van der Waals surface area contributed by atoms with Gasteiger partial charge in [-0.3, -0.25) is 9.59 Å². The lowest BCUT2D eigenvalue weighted by atomic mass is 9.95. The summed E-state index contributed by atoms with van der Waals surface area (Å²) in [5.41, 5.74) is 2.94. The van der Waals surface area contributed by atoms with Crippen molar-refractivity contribution in [2.75, 3.05) is 41.4 Å². The van der Waals surface area contributed by atoms with E-state index in [2.05, 4.69) is 0 Å². The minimum atomic E-state index is -0.120. The van der Waals surface area contributed by atoms with Crippen LogP contribution < -0.4 is 9.47 Å². The van der Waals surface area contributed by atoms with E-state index in [0.717, 1.165) is 35.6 Å². The molecular formula is C24H32N4O4. The van der Waals surface area contributed by atoms with Gasteiger partial charge in [0, 0.05) is 50.1 Å². The molecule has 1 aliphatic rings. The van der Waals surface area contributed by atoms with E-state index in [9.17, 15) is 9.59 Å². The van der Waals surface area contributed by atoms with Crippen LogP contribution in [0.25, 0.3) is 0 Å². The maximum Gasteiger partial charge on any atom is 0.261 e. The first-order valence-electron chi connectivity index (χ1n) is 10.8. The maximum absolute atomic E-state index is 13.4. The Morgan fingerprint density at radius 3 is 2.22 bits per heavy atom. The van der Waals surface area contributed by atoms with Gasteiger partial charge in [-0.2, -0.15) is 0 Å². The number of nitrogens with zero attached hydrogens (tertiary/aromatic N) is 4. The topological polar surface area (TPSA) is 84.9 Å². The molecule has 1 aromatic heterocycles. The molecule has 172 valence electrons. The molecule has 32 heavy (non-hydrogen) atoms. The Bertz CT molecular complexity index is 960. The molecule has 1 aromatic carbocycles. The Hall–Kier alpha value is -3.16. The van der Waals surface area contributed by atoms with Gasteiger partial charge < -0.3 is 19.3 Å². The zero-order valence-electron chi connectivity index (χ0n) is 19.8. The average molecular weight is 441 g/mol. The van der Waals surface area contributed by atoms with E-state index in [4.69, 9.17) is 19.4 Å². The molecule has 0 radical (unpaired) electrons. The minimum absolute atomic E-state index is 0.0211. The summed E-state index contributed by atoms with van der Waals surface area (Å²) in [6.45, 7) is 5.02. The number of aryl methyl sites for hydroxylation is 2. The minimum Gasteiger partial charge on any atom is -0.496 e. The quantitative estimate of drug-likeness (QED) is 0.687. The number of piperidine rings is 1. The van der Waals surface area contributed by atoms with Crippen molar-refractivity contribution in [1.82, 2.24) is 19.8 Å². The molecule has 0 aliphatic carbocycles. The number of amides is 2. The molecule has 2 aromatic rings. The second-order valence-electron chi connectivity index (χ2n) is 8.32. The van der Waals surface area contributed by atoms with Gasteiger partial charge in [0.2, 0.25) is 5.91 Å². The molecular weight excluding hydrogens is 408 g/mol. The molecule has 1 saturated heterocycles. The van der Waals surface area contributed by atoms with Crippen LogP contribution in [-0.2, 0) is 11.2 Å². The van der Waals surface area contributed by atoms with E-state index >= 15 is 0 Å². The highest BCUT2D eigenvalue weighted by Gasteiger charge is 2.31. The van der Waals surface area contributed by atoms with Gasteiger partial charge in [0.05, 0.1) is 20.6 Å². The van der Waals surface area contributed by atoms with Crippen LogP contribution in [-0.4, -0.2) is 73.0 Å². The normalized spacial score (nSPS) is 15.9. The molecule has 0 saturated carbocycles. The van der Waals surface area contributed by atoms with Gasteiger partial charge in [0.25, 0.3) is 5.91 Å². The molecule has 0 spiro atoms. The first-order valence-corrected chi connectivity index (χ1v) is 10.8. The van der Waals surface area contributed by atoms with E-state index in [1.807, 2.05) is 18.7 Å². The van der Waals surface area contributed by atoms with Crippen molar-refractivity contribution in [3.8, 4) is 11.5 Å². The SMILES string of the molecule is COc1cccc(OC)c1C(=O)N1CCC[C@@H](c2nc(C)c(CC(=O)N(C)C)c(C)n2)C1. The second-order valence-corrected chi connectivity index (χ2v) is 8.32. The fourth-order valence-electron chi connectivity index (χ4n) is 4.11. The van der Waals surface area contributed by atoms with Crippen molar-refractivity contribution in [1.29, 1.82) is 0 Å². The molecule has 2 amide bonds. The monoisotopic (exact) mass is 440 g/mol. The van der Waals surface area contributed by atoms with Gasteiger partial charge in [0.15, 0.2) is 0 Å². The number of rotatable bonds is 6. The number of methoxy groups -OCH3 is 2. The van der Waals surface area contributed by atoms with Gasteiger partial charge in [-0.1, -0.05) is 6.07 Å². The Kier molecular flexibility index (Phi) is 7.33. The second kappa shape index (κ2) is 9.97. The number of carbonyl (C=O) groups is 2. The molecule has 8 heteroatoms. The summed E-state index contributed by atoms with van der Waals surface area (Å²) in [6.07, 6.45) is 2.05. The van der Waals surface area contributed by atoms with E-state index in [1.165, 1.54) is 0 Å². The Morgan fingerprint density at radius 1 is 1.09 bits per heavy atom. The van der Waals surface area contributed by atoms with Crippen molar-refractivity contribution < 1.29 is 19.1 Å². The van der Waals surface area contributed by atoms with Crippen molar-refractivity contribution in [2.45, 2.75) is 39.0 Å². The lowest BCUT2D eigenvalue weighted by Crippen LogP contribution is -2.40. The Morgan fingerprint density at radius 2 is 1.69 bits per heavy atom. The summed E-state index contributed by atoms with van der Waals surface area (Å²) in [5.74, 6) is 1.65.